The lowest BCUT2D eigenvalue weighted by Gasteiger charge is -2.39. The molecule has 1 aliphatic heterocycles. The molecule has 1 aromatic carbocycles. The Morgan fingerprint density at radius 2 is 1.85 bits per heavy atom. The van der Waals surface area contributed by atoms with Crippen molar-refractivity contribution in [3.63, 3.8) is 0 Å². The summed E-state index contributed by atoms with van der Waals surface area (Å²) in [7, 11) is -2.46. The SMILES string of the molecule is COCOC1(c2ncc(-c3c(Cl)cnc4c3cc(-c3cnn(CCN5CCOCC5)c3)n4S(=O)(=O)c3ccc(C)cc3)s2)CCC1. The Kier molecular flexibility index (Phi) is 8.74. The molecule has 1 aliphatic carbocycles. The van der Waals surface area contributed by atoms with E-state index in [1.807, 2.05) is 23.9 Å². The number of hydrogen-bond acceptors (Lipinski definition) is 10. The molecule has 14 heteroatoms. The summed E-state index contributed by atoms with van der Waals surface area (Å²) in [5, 5.41) is 6.45. The van der Waals surface area contributed by atoms with Crippen LogP contribution in [-0.4, -0.2) is 83.8 Å². The van der Waals surface area contributed by atoms with Gasteiger partial charge in [-0.15, -0.1) is 11.3 Å². The zero-order valence-electron chi connectivity index (χ0n) is 25.7. The van der Waals surface area contributed by atoms with E-state index in [1.54, 1.807) is 43.8 Å². The van der Waals surface area contributed by atoms with Gasteiger partial charge in [0.05, 0.1) is 46.4 Å². The number of aromatic nitrogens is 5. The molecule has 1 saturated heterocycles. The Balaban J connectivity index is 1.34. The third-order valence-corrected chi connectivity index (χ3v) is 11.9. The molecule has 0 N–H and O–H groups in total. The first-order valence-electron chi connectivity index (χ1n) is 15.2. The van der Waals surface area contributed by atoms with Crippen molar-refractivity contribution in [3.05, 3.63) is 70.7 Å². The molecule has 7 rings (SSSR count). The molecule has 0 unspecified atom stereocenters. The number of aryl methyl sites for hydroxylation is 1. The lowest BCUT2D eigenvalue weighted by Crippen LogP contribution is -2.38. The number of thiazole rings is 1. The third-order valence-electron chi connectivity index (χ3n) is 8.73. The summed E-state index contributed by atoms with van der Waals surface area (Å²) in [5.74, 6) is 0. The highest BCUT2D eigenvalue weighted by Gasteiger charge is 2.43. The molecule has 11 nitrogen and oxygen atoms in total. The second-order valence-electron chi connectivity index (χ2n) is 11.7. The Hall–Kier alpha value is -3.17. The van der Waals surface area contributed by atoms with E-state index in [4.69, 9.17) is 30.8 Å². The zero-order chi connectivity index (χ0) is 31.9. The Labute approximate surface area is 276 Å². The molecule has 2 fully saturated rings. The first-order valence-corrected chi connectivity index (χ1v) is 17.9. The molecule has 0 bridgehead atoms. The van der Waals surface area contributed by atoms with Crippen molar-refractivity contribution in [2.24, 2.45) is 0 Å². The van der Waals surface area contributed by atoms with E-state index >= 15 is 0 Å². The van der Waals surface area contributed by atoms with Crippen LogP contribution in [0.5, 0.6) is 0 Å². The minimum atomic E-state index is -4.07. The maximum Gasteiger partial charge on any atom is 0.269 e. The largest absolute Gasteiger partial charge is 0.379 e. The number of morpholine rings is 1. The highest BCUT2D eigenvalue weighted by molar-refractivity contribution is 7.90. The van der Waals surface area contributed by atoms with Crippen molar-refractivity contribution in [1.29, 1.82) is 0 Å². The van der Waals surface area contributed by atoms with Gasteiger partial charge in [-0.05, 0) is 44.4 Å². The number of hydrogen-bond donors (Lipinski definition) is 0. The molecule has 5 aromatic rings. The van der Waals surface area contributed by atoms with Gasteiger partial charge in [-0.1, -0.05) is 29.3 Å². The predicted octanol–water partition coefficient (Wildman–Crippen LogP) is 5.55. The van der Waals surface area contributed by atoms with Gasteiger partial charge in [0.15, 0.2) is 5.65 Å². The number of benzene rings is 1. The quantitative estimate of drug-likeness (QED) is 0.165. The Bertz CT molecular complexity index is 1960. The number of ether oxygens (including phenoxy) is 3. The number of nitrogens with zero attached hydrogens (tertiary/aromatic N) is 6. The monoisotopic (exact) mass is 682 g/mol. The van der Waals surface area contributed by atoms with E-state index in [1.165, 1.54) is 21.5 Å². The van der Waals surface area contributed by atoms with Crippen LogP contribution in [0.2, 0.25) is 5.02 Å². The third kappa shape index (κ3) is 5.78. The minimum Gasteiger partial charge on any atom is -0.379 e. The molecule has 4 aromatic heterocycles. The molecule has 46 heavy (non-hydrogen) atoms. The molecule has 0 radical (unpaired) electrons. The van der Waals surface area contributed by atoms with E-state index < -0.39 is 15.6 Å². The van der Waals surface area contributed by atoms with Gasteiger partial charge < -0.3 is 14.2 Å². The van der Waals surface area contributed by atoms with Gasteiger partial charge in [-0.25, -0.2) is 22.4 Å². The van der Waals surface area contributed by atoms with Crippen molar-refractivity contribution in [2.45, 2.75) is 43.2 Å². The molecule has 0 atom stereocenters. The number of rotatable bonds is 11. The van der Waals surface area contributed by atoms with Gasteiger partial charge in [-0.3, -0.25) is 9.58 Å². The molecule has 5 heterocycles. The summed E-state index contributed by atoms with van der Waals surface area (Å²) in [6.45, 7) is 6.79. The average molecular weight is 683 g/mol. The number of fused-ring (bicyclic) bond motifs is 1. The fourth-order valence-corrected chi connectivity index (χ4v) is 8.97. The van der Waals surface area contributed by atoms with Crippen molar-refractivity contribution >= 4 is 44.0 Å². The summed E-state index contributed by atoms with van der Waals surface area (Å²) in [4.78, 5) is 12.6. The summed E-state index contributed by atoms with van der Waals surface area (Å²) in [5.41, 5.74) is 2.54. The zero-order valence-corrected chi connectivity index (χ0v) is 28.1. The Morgan fingerprint density at radius 1 is 1.07 bits per heavy atom. The maximum absolute atomic E-state index is 14.4. The normalized spacial score (nSPS) is 17.0. The van der Waals surface area contributed by atoms with Gasteiger partial charge in [0, 0.05) is 61.8 Å². The van der Waals surface area contributed by atoms with Crippen LogP contribution in [-0.2, 0) is 36.4 Å². The van der Waals surface area contributed by atoms with Crippen molar-refractivity contribution in [1.82, 2.24) is 28.6 Å². The predicted molar refractivity (Wildman–Crippen MR) is 177 cm³/mol. The fourth-order valence-electron chi connectivity index (χ4n) is 5.99. The second kappa shape index (κ2) is 12.8. The molecular weight excluding hydrogens is 648 g/mol. The molecule has 2 aliphatic rings. The molecule has 242 valence electrons. The van der Waals surface area contributed by atoms with Crippen LogP contribution >= 0.6 is 22.9 Å². The molecule has 1 saturated carbocycles. The van der Waals surface area contributed by atoms with Crippen LogP contribution in [0.15, 0.2) is 60.0 Å². The maximum atomic E-state index is 14.4. The van der Waals surface area contributed by atoms with E-state index in [0.717, 1.165) is 67.6 Å². The van der Waals surface area contributed by atoms with Gasteiger partial charge in [0.1, 0.15) is 17.4 Å². The summed E-state index contributed by atoms with van der Waals surface area (Å²) in [6, 6.07) is 8.67. The number of pyridine rings is 1. The molecule has 0 amide bonds. The van der Waals surface area contributed by atoms with Crippen LogP contribution in [0.1, 0.15) is 29.8 Å². The van der Waals surface area contributed by atoms with Gasteiger partial charge >= 0.3 is 0 Å². The lowest BCUT2D eigenvalue weighted by molar-refractivity contribution is -0.171. The summed E-state index contributed by atoms with van der Waals surface area (Å²) < 4.78 is 48.7. The molecule has 0 spiro atoms. The van der Waals surface area contributed by atoms with Gasteiger partial charge in [0.2, 0.25) is 0 Å². The lowest BCUT2D eigenvalue weighted by atomic mass is 9.80. The first-order chi connectivity index (χ1) is 22.3. The highest BCUT2D eigenvalue weighted by atomic mass is 35.5. The van der Waals surface area contributed by atoms with Crippen molar-refractivity contribution < 1.29 is 22.6 Å². The van der Waals surface area contributed by atoms with E-state index in [0.29, 0.717) is 33.8 Å². The van der Waals surface area contributed by atoms with Crippen LogP contribution in [0, 0.1) is 6.92 Å². The van der Waals surface area contributed by atoms with E-state index in [-0.39, 0.29) is 17.3 Å². The molecular formula is C32H35ClN6O5S2. The minimum absolute atomic E-state index is 0.164. The van der Waals surface area contributed by atoms with Gasteiger partial charge in [-0.2, -0.15) is 5.10 Å². The smallest absolute Gasteiger partial charge is 0.269 e. The van der Waals surface area contributed by atoms with E-state index in [2.05, 4.69) is 15.0 Å². The topological polar surface area (TPSA) is 114 Å². The van der Waals surface area contributed by atoms with Crippen LogP contribution in [0.4, 0.5) is 0 Å². The summed E-state index contributed by atoms with van der Waals surface area (Å²) in [6.07, 6.45) is 9.63. The van der Waals surface area contributed by atoms with E-state index in [9.17, 15) is 8.42 Å². The average Bonchev–Trinajstić information content (AvgIpc) is 3.80. The van der Waals surface area contributed by atoms with Crippen LogP contribution in [0.3, 0.4) is 0 Å². The highest BCUT2D eigenvalue weighted by Crippen LogP contribution is 2.49. The van der Waals surface area contributed by atoms with Crippen molar-refractivity contribution in [2.75, 3.05) is 46.8 Å². The Morgan fingerprint density at radius 3 is 2.57 bits per heavy atom. The van der Waals surface area contributed by atoms with Crippen molar-refractivity contribution in [3.8, 4) is 21.7 Å². The van der Waals surface area contributed by atoms with Crippen LogP contribution < -0.4 is 0 Å². The standard InChI is InChI=1S/C32H35ClN6O5S2/c1-22-4-6-24(7-5-22)46(40,41)39-27(23-17-36-38(20-23)11-10-37-12-14-43-15-13-37)16-25-29(26(33)18-34-30(25)39)28-19-35-31(45-28)32(8-3-9-32)44-21-42-2/h4-7,16-20H,3,8-15,21H2,1-2H3. The fraction of sp³-hybridized carbons (Fsp3) is 0.406. The number of halogens is 1. The summed E-state index contributed by atoms with van der Waals surface area (Å²) >= 11 is 8.34. The van der Waals surface area contributed by atoms with Gasteiger partial charge in [0.25, 0.3) is 10.0 Å². The van der Waals surface area contributed by atoms with Crippen LogP contribution in [0.25, 0.3) is 32.7 Å². The first kappa shape index (κ1) is 31.4. The second-order valence-corrected chi connectivity index (χ2v) is 14.9. The number of methoxy groups -OCH3 is 1.